The molecule has 4 atom stereocenters. The average Bonchev–Trinajstić information content (AvgIpc) is 2.95. The number of para-hydroxylation sites is 2. The summed E-state index contributed by atoms with van der Waals surface area (Å²) in [5, 5.41) is 21.2. The molecule has 0 saturated carbocycles. The highest BCUT2D eigenvalue weighted by Gasteiger charge is 2.31. The Kier molecular flexibility index (Phi) is 7.92. The van der Waals surface area contributed by atoms with Crippen molar-refractivity contribution in [2.75, 3.05) is 25.0 Å². The number of anilines is 1. The van der Waals surface area contributed by atoms with Crippen LogP contribution in [0.5, 0.6) is 11.5 Å². The normalized spacial score (nSPS) is 19.7. The monoisotopic (exact) mass is 501 g/mol. The van der Waals surface area contributed by atoms with Crippen LogP contribution in [-0.4, -0.2) is 49.0 Å². The third-order valence-electron chi connectivity index (χ3n) is 7.11. The third-order valence-corrected chi connectivity index (χ3v) is 7.11. The maximum absolute atomic E-state index is 13.2. The molecule has 0 aliphatic carbocycles. The van der Waals surface area contributed by atoms with Crippen molar-refractivity contribution in [3.63, 3.8) is 0 Å². The molecule has 1 unspecified atom stereocenters. The quantitative estimate of drug-likeness (QED) is 0.358. The third kappa shape index (κ3) is 6.06. The van der Waals surface area contributed by atoms with E-state index in [4.69, 9.17) is 9.47 Å². The van der Waals surface area contributed by atoms with E-state index in [0.29, 0.717) is 31.9 Å². The summed E-state index contributed by atoms with van der Waals surface area (Å²) in [6.07, 6.45) is 0.813. The highest BCUT2D eigenvalue weighted by molar-refractivity contribution is 5.83. The van der Waals surface area contributed by atoms with Crippen LogP contribution in [0, 0.1) is 0 Å². The fraction of sp³-hybridized carbons (Fsp3) is 0.367. The van der Waals surface area contributed by atoms with Crippen LogP contribution in [0.15, 0.2) is 72.8 Å². The van der Waals surface area contributed by atoms with Crippen LogP contribution in [0.25, 0.3) is 0 Å². The van der Waals surface area contributed by atoms with Gasteiger partial charge in [0.05, 0.1) is 31.0 Å². The van der Waals surface area contributed by atoms with Gasteiger partial charge in [0, 0.05) is 24.6 Å². The number of rotatable bonds is 9. The summed E-state index contributed by atoms with van der Waals surface area (Å²) in [6, 6.07) is 23.4. The van der Waals surface area contributed by atoms with Gasteiger partial charge in [-0.1, -0.05) is 61.5 Å². The van der Waals surface area contributed by atoms with Crippen molar-refractivity contribution >= 4 is 11.6 Å². The predicted molar refractivity (Wildman–Crippen MR) is 144 cm³/mol. The van der Waals surface area contributed by atoms with Crippen molar-refractivity contribution in [2.45, 2.75) is 50.5 Å². The lowest BCUT2D eigenvalue weighted by atomic mass is 9.96. The second-order valence-corrected chi connectivity index (χ2v) is 9.68. The van der Waals surface area contributed by atoms with Gasteiger partial charge >= 0.3 is 0 Å². The van der Waals surface area contributed by atoms with Crippen LogP contribution >= 0.6 is 0 Å². The van der Waals surface area contributed by atoms with Crippen molar-refractivity contribution in [1.29, 1.82) is 0 Å². The average molecular weight is 502 g/mol. The van der Waals surface area contributed by atoms with Crippen molar-refractivity contribution in [3.8, 4) is 11.5 Å². The molecule has 1 amide bonds. The minimum Gasteiger partial charge on any atom is -0.493 e. The molecule has 3 aromatic rings. The lowest BCUT2D eigenvalue weighted by molar-refractivity contribution is -0.129. The largest absolute Gasteiger partial charge is 0.493 e. The Morgan fingerprint density at radius 2 is 1.86 bits per heavy atom. The molecule has 7 nitrogen and oxygen atoms in total. The highest BCUT2D eigenvalue weighted by Crippen LogP contribution is 2.33. The zero-order chi connectivity index (χ0) is 25.6. The Hall–Kier alpha value is -3.55. The zero-order valence-corrected chi connectivity index (χ0v) is 21.2. The molecule has 0 saturated heterocycles. The minimum atomic E-state index is -0.798. The summed E-state index contributed by atoms with van der Waals surface area (Å²) >= 11 is 0. The topological polar surface area (TPSA) is 91.9 Å². The van der Waals surface area contributed by atoms with Gasteiger partial charge < -0.3 is 30.5 Å². The summed E-state index contributed by atoms with van der Waals surface area (Å²) in [4.78, 5) is 13.2. The molecule has 4 N–H and O–H groups in total. The molecule has 0 spiro atoms. The van der Waals surface area contributed by atoms with E-state index in [1.165, 1.54) is 5.56 Å². The molecule has 2 aliphatic heterocycles. The van der Waals surface area contributed by atoms with Gasteiger partial charge in [-0.2, -0.15) is 0 Å². The van der Waals surface area contributed by atoms with Crippen molar-refractivity contribution in [3.05, 3.63) is 89.5 Å². The number of carbonyl (C=O) groups excluding carboxylic acids is 1. The number of nitrogens with one attached hydrogen (secondary N) is 3. The van der Waals surface area contributed by atoms with Crippen LogP contribution in [0.2, 0.25) is 0 Å². The Bertz CT molecular complexity index is 1200. The van der Waals surface area contributed by atoms with Gasteiger partial charge in [0.25, 0.3) is 5.91 Å². The molecular weight excluding hydrogens is 466 g/mol. The first kappa shape index (κ1) is 25.1. The highest BCUT2D eigenvalue weighted by atomic mass is 16.5. The Labute approximate surface area is 218 Å². The second kappa shape index (κ2) is 11.7. The molecule has 37 heavy (non-hydrogen) atoms. The zero-order valence-electron chi connectivity index (χ0n) is 21.2. The standard InChI is InChI=1S/C30H35N3O4/c1-2-20-12-13-27-22(16-20)23(14-15-36-27)31-18-26(34)25(17-21-8-4-3-5-9-21)33-30(35)29-19-32-24-10-6-7-11-28(24)37-29/h3-13,16,23,25-26,29,31-32,34H,2,14-15,17-19H2,1H3,(H,33,35)/t23-,25-,26+,29?/m0/s1. The molecule has 2 aliphatic rings. The van der Waals surface area contributed by atoms with Crippen LogP contribution in [-0.2, 0) is 17.6 Å². The van der Waals surface area contributed by atoms with Crippen molar-refractivity contribution < 1.29 is 19.4 Å². The Morgan fingerprint density at radius 1 is 1.05 bits per heavy atom. The van der Waals surface area contributed by atoms with Gasteiger partial charge in [-0.25, -0.2) is 0 Å². The van der Waals surface area contributed by atoms with Crippen LogP contribution in [0.3, 0.4) is 0 Å². The number of aliphatic hydroxyl groups is 1. The Morgan fingerprint density at radius 3 is 2.70 bits per heavy atom. The summed E-state index contributed by atoms with van der Waals surface area (Å²) in [7, 11) is 0. The van der Waals surface area contributed by atoms with E-state index in [1.54, 1.807) is 0 Å². The lowest BCUT2D eigenvalue weighted by Crippen LogP contribution is -2.54. The lowest BCUT2D eigenvalue weighted by Gasteiger charge is -2.32. The first-order chi connectivity index (χ1) is 18.1. The molecule has 7 heteroatoms. The number of hydrogen-bond acceptors (Lipinski definition) is 6. The number of fused-ring (bicyclic) bond motifs is 2. The van der Waals surface area contributed by atoms with Gasteiger partial charge in [-0.15, -0.1) is 0 Å². The number of aryl methyl sites for hydroxylation is 1. The number of ether oxygens (including phenoxy) is 2. The molecule has 194 valence electrons. The smallest absolute Gasteiger partial charge is 0.263 e. The van der Waals surface area contributed by atoms with Gasteiger partial charge in [0.1, 0.15) is 11.5 Å². The van der Waals surface area contributed by atoms with E-state index in [2.05, 4.69) is 35.0 Å². The number of hydrogen-bond donors (Lipinski definition) is 4. The minimum absolute atomic E-state index is 0.0837. The van der Waals surface area contributed by atoms with Crippen molar-refractivity contribution in [2.24, 2.45) is 0 Å². The summed E-state index contributed by atoms with van der Waals surface area (Å²) in [6.45, 7) is 3.47. The molecule has 5 rings (SSSR count). The Balaban J connectivity index is 1.27. The molecule has 0 fully saturated rings. The van der Waals surface area contributed by atoms with Crippen molar-refractivity contribution in [1.82, 2.24) is 10.6 Å². The van der Waals surface area contributed by atoms with E-state index in [0.717, 1.165) is 35.4 Å². The fourth-order valence-corrected chi connectivity index (χ4v) is 4.97. The summed E-state index contributed by atoms with van der Waals surface area (Å²) in [5.41, 5.74) is 4.30. The maximum Gasteiger partial charge on any atom is 0.263 e. The van der Waals surface area contributed by atoms with E-state index < -0.39 is 18.2 Å². The maximum atomic E-state index is 13.2. The molecule has 2 heterocycles. The van der Waals surface area contributed by atoms with Gasteiger partial charge in [-0.05, 0) is 42.2 Å². The van der Waals surface area contributed by atoms with E-state index in [1.807, 2.05) is 60.7 Å². The number of benzene rings is 3. The molecule has 0 radical (unpaired) electrons. The van der Waals surface area contributed by atoms with Gasteiger partial charge in [-0.3, -0.25) is 4.79 Å². The first-order valence-corrected chi connectivity index (χ1v) is 13.1. The molecule has 0 aromatic heterocycles. The fourth-order valence-electron chi connectivity index (χ4n) is 4.97. The van der Waals surface area contributed by atoms with Crippen LogP contribution in [0.1, 0.15) is 36.1 Å². The summed E-state index contributed by atoms with van der Waals surface area (Å²) < 4.78 is 11.8. The number of aliphatic hydroxyl groups excluding tert-OH is 1. The first-order valence-electron chi connectivity index (χ1n) is 13.1. The van der Waals surface area contributed by atoms with Gasteiger partial charge in [0.2, 0.25) is 0 Å². The van der Waals surface area contributed by atoms with E-state index in [-0.39, 0.29) is 11.9 Å². The van der Waals surface area contributed by atoms with E-state index in [9.17, 15) is 9.90 Å². The van der Waals surface area contributed by atoms with Crippen LogP contribution in [0.4, 0.5) is 5.69 Å². The molecule has 0 bridgehead atoms. The SMILES string of the molecule is CCc1ccc2c(c1)[C@@H](NC[C@@H](O)[C@H](Cc1ccccc1)NC(=O)C1CNc3ccccc3O1)CCO2. The number of amides is 1. The molecule has 3 aromatic carbocycles. The predicted octanol–water partition coefficient (Wildman–Crippen LogP) is 3.62. The molecular formula is C30H35N3O4. The van der Waals surface area contributed by atoms with E-state index >= 15 is 0 Å². The van der Waals surface area contributed by atoms with Gasteiger partial charge in [0.15, 0.2) is 6.10 Å². The summed E-state index contributed by atoms with van der Waals surface area (Å²) in [5.74, 6) is 1.30. The number of carbonyl (C=O) groups is 1. The second-order valence-electron chi connectivity index (χ2n) is 9.68. The van der Waals surface area contributed by atoms with Crippen LogP contribution < -0.4 is 25.4 Å².